The van der Waals surface area contributed by atoms with Gasteiger partial charge in [0, 0.05) is 12.3 Å². The van der Waals surface area contributed by atoms with E-state index in [-0.39, 0.29) is 12.5 Å². The van der Waals surface area contributed by atoms with Crippen LogP contribution < -0.4 is 5.32 Å². The maximum atomic E-state index is 11.7. The van der Waals surface area contributed by atoms with Crippen molar-refractivity contribution < 1.29 is 9.90 Å². The number of carbonyl (C=O) groups is 1. The van der Waals surface area contributed by atoms with E-state index >= 15 is 0 Å². The first-order chi connectivity index (χ1) is 8.72. The van der Waals surface area contributed by atoms with E-state index in [4.69, 9.17) is 5.11 Å². The van der Waals surface area contributed by atoms with Gasteiger partial charge >= 0.3 is 0 Å². The number of hydrogen-bond donors (Lipinski definition) is 2. The first kappa shape index (κ1) is 14.7. The predicted molar refractivity (Wildman–Crippen MR) is 73.5 cm³/mol. The van der Waals surface area contributed by atoms with Crippen molar-refractivity contribution >= 4 is 11.6 Å². The van der Waals surface area contributed by atoms with Crippen LogP contribution in [0.25, 0.3) is 0 Å². The van der Waals surface area contributed by atoms with Crippen LogP contribution in [0.2, 0.25) is 0 Å². The van der Waals surface area contributed by atoms with E-state index in [0.29, 0.717) is 6.54 Å². The second kappa shape index (κ2) is 8.66. The predicted octanol–water partition coefficient (Wildman–Crippen LogP) is 1.72. The van der Waals surface area contributed by atoms with Crippen molar-refractivity contribution in [3.63, 3.8) is 0 Å². The van der Waals surface area contributed by atoms with Crippen molar-refractivity contribution in [2.24, 2.45) is 0 Å². The summed E-state index contributed by atoms with van der Waals surface area (Å²) in [5.74, 6) is 0.00542. The Balaban J connectivity index is 2.19. The first-order valence-corrected chi connectivity index (χ1v) is 6.36. The molecule has 0 radical (unpaired) electrons. The van der Waals surface area contributed by atoms with Crippen LogP contribution in [0.4, 0.5) is 5.69 Å². The molecule has 0 aliphatic rings. The van der Waals surface area contributed by atoms with Crippen LogP contribution in [-0.4, -0.2) is 42.7 Å². The Morgan fingerprint density at radius 3 is 2.61 bits per heavy atom. The molecule has 1 amide bonds. The molecule has 0 unspecified atom stereocenters. The van der Waals surface area contributed by atoms with Gasteiger partial charge in [-0.1, -0.05) is 18.2 Å². The Kier molecular flexibility index (Phi) is 7.06. The number of rotatable bonds is 8. The molecule has 1 rings (SSSR count). The minimum absolute atomic E-state index is 0.00542. The molecule has 0 fully saturated rings. The van der Waals surface area contributed by atoms with Gasteiger partial charge in [-0.25, -0.2) is 0 Å². The largest absolute Gasteiger partial charge is 0.396 e. The summed E-state index contributed by atoms with van der Waals surface area (Å²) in [6, 6.07) is 9.46. The fourth-order valence-corrected chi connectivity index (χ4v) is 1.72. The number of hydrogen-bond acceptors (Lipinski definition) is 3. The molecule has 0 saturated carbocycles. The van der Waals surface area contributed by atoms with Crippen molar-refractivity contribution in [2.45, 2.75) is 19.3 Å². The summed E-state index contributed by atoms with van der Waals surface area (Å²) in [6.45, 7) is 1.52. The Labute approximate surface area is 109 Å². The standard InChI is InChI=1S/C14H22N2O2/c1-16(10-6-3-7-11-17)12-14(18)15-13-8-4-2-5-9-13/h2,4-5,8-9,17H,3,6-7,10-12H2,1H3,(H,15,18). The average molecular weight is 250 g/mol. The van der Waals surface area contributed by atoms with Gasteiger partial charge in [0.05, 0.1) is 6.54 Å². The van der Waals surface area contributed by atoms with Gasteiger partial charge in [-0.15, -0.1) is 0 Å². The number of benzene rings is 1. The SMILES string of the molecule is CN(CCCCCO)CC(=O)Nc1ccccc1. The molecule has 2 N–H and O–H groups in total. The number of aliphatic hydroxyl groups excluding tert-OH is 1. The maximum Gasteiger partial charge on any atom is 0.238 e. The number of aliphatic hydroxyl groups is 1. The number of amides is 1. The molecule has 18 heavy (non-hydrogen) atoms. The van der Waals surface area contributed by atoms with Crippen molar-refractivity contribution in [3.8, 4) is 0 Å². The van der Waals surface area contributed by atoms with Gasteiger partial charge in [-0.05, 0) is 45.0 Å². The first-order valence-electron chi connectivity index (χ1n) is 6.36. The highest BCUT2D eigenvalue weighted by Gasteiger charge is 2.06. The van der Waals surface area contributed by atoms with E-state index < -0.39 is 0 Å². The molecule has 4 heteroatoms. The number of nitrogens with zero attached hydrogens (tertiary/aromatic N) is 1. The summed E-state index contributed by atoms with van der Waals surface area (Å²) in [5, 5.41) is 11.5. The Morgan fingerprint density at radius 2 is 1.94 bits per heavy atom. The quantitative estimate of drug-likeness (QED) is 0.691. The number of para-hydroxylation sites is 1. The average Bonchev–Trinajstić information content (AvgIpc) is 2.35. The summed E-state index contributed by atoms with van der Waals surface area (Å²) in [5.41, 5.74) is 0.830. The van der Waals surface area contributed by atoms with Crippen molar-refractivity contribution in [2.75, 3.05) is 32.1 Å². The highest BCUT2D eigenvalue weighted by molar-refractivity contribution is 5.92. The van der Waals surface area contributed by atoms with Crippen LogP contribution in [0.3, 0.4) is 0 Å². The minimum Gasteiger partial charge on any atom is -0.396 e. The van der Waals surface area contributed by atoms with Gasteiger partial charge in [0.15, 0.2) is 0 Å². The lowest BCUT2D eigenvalue weighted by Crippen LogP contribution is -2.30. The number of anilines is 1. The second-order valence-electron chi connectivity index (χ2n) is 4.44. The molecule has 1 aromatic carbocycles. The van der Waals surface area contributed by atoms with Crippen molar-refractivity contribution in [3.05, 3.63) is 30.3 Å². The van der Waals surface area contributed by atoms with Gasteiger partial charge in [0.2, 0.25) is 5.91 Å². The summed E-state index contributed by atoms with van der Waals surface area (Å²) < 4.78 is 0. The van der Waals surface area contributed by atoms with Gasteiger partial charge in [-0.2, -0.15) is 0 Å². The second-order valence-corrected chi connectivity index (χ2v) is 4.44. The lowest BCUT2D eigenvalue weighted by Gasteiger charge is -2.15. The molecule has 0 bridgehead atoms. The molecule has 0 atom stereocenters. The highest BCUT2D eigenvalue weighted by atomic mass is 16.2. The zero-order chi connectivity index (χ0) is 13.2. The lowest BCUT2D eigenvalue weighted by molar-refractivity contribution is -0.117. The van der Waals surface area contributed by atoms with Crippen molar-refractivity contribution in [1.82, 2.24) is 4.90 Å². The molecular formula is C14H22N2O2. The van der Waals surface area contributed by atoms with E-state index in [2.05, 4.69) is 5.32 Å². The van der Waals surface area contributed by atoms with Gasteiger partial charge < -0.3 is 10.4 Å². The highest BCUT2D eigenvalue weighted by Crippen LogP contribution is 2.05. The maximum absolute atomic E-state index is 11.7. The third-order valence-electron chi connectivity index (χ3n) is 2.67. The third kappa shape index (κ3) is 6.37. The normalized spacial score (nSPS) is 10.6. The topological polar surface area (TPSA) is 52.6 Å². The van der Waals surface area contributed by atoms with Crippen molar-refractivity contribution in [1.29, 1.82) is 0 Å². The van der Waals surface area contributed by atoms with E-state index in [0.717, 1.165) is 31.5 Å². The molecule has 100 valence electrons. The molecule has 0 spiro atoms. The van der Waals surface area contributed by atoms with Gasteiger partial charge in [0.1, 0.15) is 0 Å². The van der Waals surface area contributed by atoms with E-state index in [9.17, 15) is 4.79 Å². The summed E-state index contributed by atoms with van der Waals surface area (Å²) in [6.07, 6.45) is 2.85. The molecule has 0 aliphatic heterocycles. The van der Waals surface area contributed by atoms with Crippen LogP contribution in [0.15, 0.2) is 30.3 Å². The third-order valence-corrected chi connectivity index (χ3v) is 2.67. The van der Waals surface area contributed by atoms with Gasteiger partial charge in [-0.3, -0.25) is 9.69 Å². The van der Waals surface area contributed by atoms with Crippen LogP contribution in [0.1, 0.15) is 19.3 Å². The molecular weight excluding hydrogens is 228 g/mol. The number of nitrogens with one attached hydrogen (secondary N) is 1. The van der Waals surface area contributed by atoms with Crippen LogP contribution in [0.5, 0.6) is 0 Å². The molecule has 0 aliphatic carbocycles. The number of unbranched alkanes of at least 4 members (excludes halogenated alkanes) is 2. The lowest BCUT2D eigenvalue weighted by atomic mass is 10.2. The zero-order valence-electron chi connectivity index (χ0n) is 10.9. The fourth-order valence-electron chi connectivity index (χ4n) is 1.72. The smallest absolute Gasteiger partial charge is 0.238 e. The molecule has 1 aromatic rings. The summed E-state index contributed by atoms with van der Waals surface area (Å²) in [4.78, 5) is 13.7. The Bertz CT molecular complexity index is 341. The molecule has 0 aromatic heterocycles. The summed E-state index contributed by atoms with van der Waals surface area (Å²) in [7, 11) is 1.93. The Hall–Kier alpha value is -1.39. The molecule has 4 nitrogen and oxygen atoms in total. The molecule has 0 saturated heterocycles. The number of likely N-dealkylation sites (N-methyl/N-ethyl adjacent to an activating group) is 1. The fraction of sp³-hybridized carbons (Fsp3) is 0.500. The van der Waals surface area contributed by atoms with Crippen LogP contribution in [0, 0.1) is 0 Å². The van der Waals surface area contributed by atoms with Crippen LogP contribution >= 0.6 is 0 Å². The van der Waals surface area contributed by atoms with E-state index in [1.807, 2.05) is 42.3 Å². The van der Waals surface area contributed by atoms with E-state index in [1.165, 1.54) is 0 Å². The summed E-state index contributed by atoms with van der Waals surface area (Å²) >= 11 is 0. The number of carbonyl (C=O) groups excluding carboxylic acids is 1. The monoisotopic (exact) mass is 250 g/mol. The zero-order valence-corrected chi connectivity index (χ0v) is 10.9. The van der Waals surface area contributed by atoms with E-state index in [1.54, 1.807) is 0 Å². The van der Waals surface area contributed by atoms with Crippen LogP contribution in [-0.2, 0) is 4.79 Å². The van der Waals surface area contributed by atoms with Gasteiger partial charge in [0.25, 0.3) is 0 Å². The minimum atomic E-state index is 0.00542. The Morgan fingerprint density at radius 1 is 1.22 bits per heavy atom. The molecule has 0 heterocycles.